The van der Waals surface area contributed by atoms with Crippen molar-refractivity contribution in [3.63, 3.8) is 0 Å². The van der Waals surface area contributed by atoms with Gasteiger partial charge in [0.05, 0.1) is 44.1 Å². The highest BCUT2D eigenvalue weighted by Gasteiger charge is 2.19. The zero-order chi connectivity index (χ0) is 60.6. The smallest absolute Gasteiger partial charge is 0.159 e. The molecule has 430 valence electrons. The van der Waals surface area contributed by atoms with Crippen molar-refractivity contribution in [3.05, 3.63) is 340 Å². The zero-order valence-electron chi connectivity index (χ0n) is 50.0. The monoisotopic (exact) mass is 1170 g/mol. The van der Waals surface area contributed by atoms with Gasteiger partial charge in [0.2, 0.25) is 0 Å². The Labute approximate surface area is 530 Å². The summed E-state index contributed by atoms with van der Waals surface area (Å²) in [6.45, 7) is 0. The maximum absolute atomic E-state index is 4.85. The Bertz CT molecular complexity index is 5660. The van der Waals surface area contributed by atoms with Crippen molar-refractivity contribution >= 4 is 98.0 Å². The van der Waals surface area contributed by atoms with E-state index in [4.69, 9.17) is 9.97 Å². The van der Waals surface area contributed by atoms with Gasteiger partial charge in [-0.1, -0.05) is 188 Å². The van der Waals surface area contributed by atoms with Crippen LogP contribution in [0.15, 0.2) is 340 Å². The largest absolute Gasteiger partial charge is 0.309 e. The molecule has 0 spiro atoms. The molecule has 6 nitrogen and oxygen atoms in total. The molecule has 0 N–H and O–H groups in total. The van der Waals surface area contributed by atoms with Gasteiger partial charge < -0.3 is 18.3 Å². The van der Waals surface area contributed by atoms with Gasteiger partial charge in [-0.2, -0.15) is 0 Å². The maximum Gasteiger partial charge on any atom is 0.159 e. The van der Waals surface area contributed by atoms with E-state index in [1.165, 1.54) is 132 Å². The van der Waals surface area contributed by atoms with Crippen molar-refractivity contribution in [2.75, 3.05) is 0 Å². The molecule has 0 aliphatic rings. The number of nitrogens with zero attached hydrogens (tertiary/aromatic N) is 6. The summed E-state index contributed by atoms with van der Waals surface area (Å²) in [4.78, 5) is 9.70. The zero-order valence-corrected chi connectivity index (χ0v) is 50.0. The molecule has 0 amide bonds. The van der Waals surface area contributed by atoms with E-state index in [0.717, 1.165) is 28.1 Å². The number of rotatable bonds is 8. The summed E-state index contributed by atoms with van der Waals surface area (Å²) in [6.07, 6.45) is 3.88. The van der Waals surface area contributed by atoms with Crippen LogP contribution in [0.1, 0.15) is 0 Å². The van der Waals surface area contributed by atoms with Gasteiger partial charge in [-0.3, -0.25) is 0 Å². The standard InChI is InChI=1S/C46H30N2.C40H26N4/c1-3-11-37(12-4-1)47-43-17-9-7-15-39(43)41-29-35(23-25-45(41)47)33-21-19-32-28-34(22-20-31(32)27-33)36-24-26-46-42(30-36)40-16-8-10-18-44(40)48(46)38-13-5-2-6-14-38;1-3-11-30(12-4-1)43-36-17-9-7-15-32(36)34-23-27(19-21-38(34)43)29-25-41-40(42-26-29)28-20-22-39-35(24-28)33-16-8-10-18-37(33)44(39)31-13-5-2-6-14-31/h1-30H;1-26H. The van der Waals surface area contributed by atoms with Gasteiger partial charge in [-0.15, -0.1) is 0 Å². The molecule has 0 bridgehead atoms. The molecule has 0 radical (unpaired) electrons. The number of hydrogen-bond donors (Lipinski definition) is 0. The first-order valence-corrected chi connectivity index (χ1v) is 31.4. The molecule has 14 aromatic carbocycles. The summed E-state index contributed by atoms with van der Waals surface area (Å²) < 4.78 is 9.39. The van der Waals surface area contributed by atoms with Crippen LogP contribution in [0.5, 0.6) is 0 Å². The lowest BCUT2D eigenvalue weighted by Crippen LogP contribution is -1.94. The molecule has 0 saturated carbocycles. The Morgan fingerprint density at radius 2 is 0.413 bits per heavy atom. The highest BCUT2D eigenvalue weighted by Crippen LogP contribution is 2.41. The Balaban J connectivity index is 0.000000136. The molecule has 5 heterocycles. The number of aromatic nitrogens is 6. The minimum Gasteiger partial charge on any atom is -0.309 e. The van der Waals surface area contributed by atoms with E-state index in [1.54, 1.807) is 0 Å². The maximum atomic E-state index is 4.85. The Hall–Kier alpha value is -12.4. The van der Waals surface area contributed by atoms with E-state index in [2.05, 4.69) is 346 Å². The van der Waals surface area contributed by atoms with E-state index >= 15 is 0 Å². The van der Waals surface area contributed by atoms with E-state index < -0.39 is 0 Å². The summed E-state index contributed by atoms with van der Waals surface area (Å²) in [5, 5.41) is 12.4. The van der Waals surface area contributed by atoms with Crippen LogP contribution in [-0.2, 0) is 0 Å². The second-order valence-corrected chi connectivity index (χ2v) is 23.8. The molecule has 0 unspecified atom stereocenters. The second-order valence-electron chi connectivity index (χ2n) is 23.8. The van der Waals surface area contributed by atoms with Gasteiger partial charge in [0.1, 0.15) is 0 Å². The number of para-hydroxylation sites is 8. The molecular weight excluding hydrogens is 1120 g/mol. The minimum atomic E-state index is 0.717. The van der Waals surface area contributed by atoms with Crippen LogP contribution in [0.2, 0.25) is 0 Å². The van der Waals surface area contributed by atoms with Crippen molar-refractivity contribution < 1.29 is 0 Å². The molecule has 19 rings (SSSR count). The summed E-state index contributed by atoms with van der Waals surface area (Å²) in [7, 11) is 0. The predicted molar refractivity (Wildman–Crippen MR) is 385 cm³/mol. The van der Waals surface area contributed by atoms with Gasteiger partial charge in [0, 0.05) is 89.4 Å². The van der Waals surface area contributed by atoms with Crippen LogP contribution in [0.3, 0.4) is 0 Å². The number of benzene rings is 14. The van der Waals surface area contributed by atoms with Crippen LogP contribution in [-0.4, -0.2) is 28.2 Å². The topological polar surface area (TPSA) is 45.5 Å². The van der Waals surface area contributed by atoms with Crippen molar-refractivity contribution in [3.8, 4) is 67.5 Å². The lowest BCUT2D eigenvalue weighted by molar-refractivity contribution is 1.17. The van der Waals surface area contributed by atoms with E-state index in [1.807, 2.05) is 12.4 Å². The van der Waals surface area contributed by atoms with Gasteiger partial charge >= 0.3 is 0 Å². The Morgan fingerprint density at radius 3 is 0.739 bits per heavy atom. The highest BCUT2D eigenvalue weighted by molar-refractivity contribution is 6.14. The molecule has 19 aromatic rings. The van der Waals surface area contributed by atoms with E-state index in [9.17, 15) is 0 Å². The van der Waals surface area contributed by atoms with Gasteiger partial charge in [-0.05, 0) is 178 Å². The normalized spacial score (nSPS) is 11.7. The quantitative estimate of drug-likeness (QED) is 0.152. The van der Waals surface area contributed by atoms with Crippen molar-refractivity contribution in [1.82, 2.24) is 28.2 Å². The predicted octanol–water partition coefficient (Wildman–Crippen LogP) is 22.4. The van der Waals surface area contributed by atoms with Crippen LogP contribution >= 0.6 is 0 Å². The molecule has 0 atom stereocenters. The van der Waals surface area contributed by atoms with Gasteiger partial charge in [0.25, 0.3) is 0 Å². The Morgan fingerprint density at radius 1 is 0.174 bits per heavy atom. The van der Waals surface area contributed by atoms with Crippen molar-refractivity contribution in [2.24, 2.45) is 0 Å². The third-order valence-electron chi connectivity index (χ3n) is 18.5. The van der Waals surface area contributed by atoms with Crippen molar-refractivity contribution in [2.45, 2.75) is 0 Å². The molecule has 0 fully saturated rings. The average Bonchev–Trinajstić information content (AvgIpc) is 1.64. The molecule has 0 saturated heterocycles. The lowest BCUT2D eigenvalue weighted by atomic mass is 9.96. The fourth-order valence-electron chi connectivity index (χ4n) is 14.2. The summed E-state index contributed by atoms with van der Waals surface area (Å²) in [5.41, 5.74) is 22.3. The SMILES string of the molecule is c1ccc(-n2c3ccccc3c3cc(-c4ccc5cc(-c6ccc7c(c6)c6ccccc6n7-c6ccccc6)ccc5c4)ccc32)cc1.c1ccc(-n2c3ccccc3c3cc(-c4cnc(-c5ccc6c(c5)c5ccccc5n6-c5ccccc5)nc4)ccc32)cc1. The van der Waals surface area contributed by atoms with Crippen LogP contribution in [0.25, 0.3) is 166 Å². The summed E-state index contributed by atoms with van der Waals surface area (Å²) in [6, 6.07) is 118. The highest BCUT2D eigenvalue weighted by atomic mass is 15.0. The van der Waals surface area contributed by atoms with Crippen LogP contribution in [0.4, 0.5) is 0 Å². The fraction of sp³-hybridized carbons (Fsp3) is 0. The third kappa shape index (κ3) is 8.80. The molecule has 92 heavy (non-hydrogen) atoms. The van der Waals surface area contributed by atoms with Crippen LogP contribution in [0, 0.1) is 0 Å². The summed E-state index contributed by atoms with van der Waals surface area (Å²) >= 11 is 0. The molecule has 6 heteroatoms. The van der Waals surface area contributed by atoms with Gasteiger partial charge in [-0.25, -0.2) is 9.97 Å². The molecule has 0 aliphatic heterocycles. The first kappa shape index (κ1) is 52.7. The lowest BCUT2D eigenvalue weighted by Gasteiger charge is -2.10. The molecular formula is C86H56N6. The molecule has 0 aliphatic carbocycles. The second kappa shape index (κ2) is 21.7. The number of fused-ring (bicyclic) bond motifs is 13. The minimum absolute atomic E-state index is 0.717. The average molecular weight is 1170 g/mol. The summed E-state index contributed by atoms with van der Waals surface area (Å²) in [5.74, 6) is 0.717. The Kier molecular flexibility index (Phi) is 12.5. The van der Waals surface area contributed by atoms with E-state index in [-0.39, 0.29) is 0 Å². The third-order valence-corrected chi connectivity index (χ3v) is 18.5. The van der Waals surface area contributed by atoms with Crippen LogP contribution < -0.4 is 0 Å². The van der Waals surface area contributed by atoms with Gasteiger partial charge in [0.15, 0.2) is 5.82 Å². The van der Waals surface area contributed by atoms with Crippen molar-refractivity contribution in [1.29, 1.82) is 0 Å². The number of hydrogen-bond acceptors (Lipinski definition) is 2. The first-order chi connectivity index (χ1) is 45.6. The van der Waals surface area contributed by atoms with E-state index in [0.29, 0.717) is 5.82 Å². The molecule has 5 aromatic heterocycles. The fourth-order valence-corrected chi connectivity index (χ4v) is 14.2. The first-order valence-electron chi connectivity index (χ1n) is 31.4.